The summed E-state index contributed by atoms with van der Waals surface area (Å²) in [5.41, 5.74) is 2.57. The Bertz CT molecular complexity index is 846. The van der Waals surface area contributed by atoms with E-state index in [1.807, 2.05) is 79.7 Å². The number of fused-ring (bicyclic) bond motifs is 1. The van der Waals surface area contributed by atoms with Gasteiger partial charge in [0.15, 0.2) is 0 Å². The molecule has 0 spiro atoms. The lowest BCUT2D eigenvalue weighted by Gasteiger charge is -2.24. The van der Waals surface area contributed by atoms with Crippen LogP contribution in [0.4, 0.5) is 0 Å². The number of amides is 1. The summed E-state index contributed by atoms with van der Waals surface area (Å²) in [5.74, 6) is 0.0393. The molecule has 0 aliphatic rings. The second kappa shape index (κ2) is 7.90. The smallest absolute Gasteiger partial charge is 0.254 e. The van der Waals surface area contributed by atoms with Gasteiger partial charge in [0, 0.05) is 24.0 Å². The zero-order chi connectivity index (χ0) is 17.6. The van der Waals surface area contributed by atoms with Crippen LogP contribution in [0.5, 0.6) is 0 Å². The average molecular weight is 333 g/mol. The van der Waals surface area contributed by atoms with Crippen molar-refractivity contribution in [1.82, 2.24) is 14.8 Å². The standard InChI is InChI=1S/C21H23N3O/c1-23(2)14-15-24(21(25)18-9-4-3-5-10-18)16-19-13-12-17-8-6-7-11-20(17)22-19/h3-13H,14-16H2,1-2H3. The second-order valence-electron chi connectivity index (χ2n) is 6.39. The number of para-hydroxylation sites is 1. The number of carbonyl (C=O) groups is 1. The highest BCUT2D eigenvalue weighted by atomic mass is 16.2. The summed E-state index contributed by atoms with van der Waals surface area (Å²) in [6, 6.07) is 21.5. The minimum Gasteiger partial charge on any atom is -0.331 e. The number of likely N-dealkylation sites (N-methyl/N-ethyl adjacent to an activating group) is 1. The monoisotopic (exact) mass is 333 g/mol. The molecule has 3 rings (SSSR count). The molecule has 4 heteroatoms. The van der Waals surface area contributed by atoms with Gasteiger partial charge in [-0.15, -0.1) is 0 Å². The summed E-state index contributed by atoms with van der Waals surface area (Å²) >= 11 is 0. The van der Waals surface area contributed by atoms with Gasteiger partial charge in [0.2, 0.25) is 0 Å². The predicted octanol–water partition coefficient (Wildman–Crippen LogP) is 3.44. The highest BCUT2D eigenvalue weighted by molar-refractivity contribution is 5.94. The van der Waals surface area contributed by atoms with Crippen molar-refractivity contribution >= 4 is 16.8 Å². The molecule has 0 saturated carbocycles. The number of nitrogens with zero attached hydrogens (tertiary/aromatic N) is 3. The molecule has 0 atom stereocenters. The number of aromatic nitrogens is 1. The van der Waals surface area contributed by atoms with Gasteiger partial charge in [0.25, 0.3) is 5.91 Å². The van der Waals surface area contributed by atoms with Gasteiger partial charge in [-0.2, -0.15) is 0 Å². The first-order valence-corrected chi connectivity index (χ1v) is 8.47. The maximum absolute atomic E-state index is 12.9. The lowest BCUT2D eigenvalue weighted by Crippen LogP contribution is -2.36. The summed E-state index contributed by atoms with van der Waals surface area (Å²) in [5, 5.41) is 1.11. The first-order valence-electron chi connectivity index (χ1n) is 8.47. The van der Waals surface area contributed by atoms with Gasteiger partial charge in [-0.1, -0.05) is 42.5 Å². The fourth-order valence-corrected chi connectivity index (χ4v) is 2.73. The number of benzene rings is 2. The molecule has 0 radical (unpaired) electrons. The molecule has 0 fully saturated rings. The van der Waals surface area contributed by atoms with Gasteiger partial charge in [-0.3, -0.25) is 9.78 Å². The van der Waals surface area contributed by atoms with E-state index in [0.717, 1.165) is 23.1 Å². The average Bonchev–Trinajstić information content (AvgIpc) is 2.65. The molecule has 1 amide bonds. The van der Waals surface area contributed by atoms with Crippen LogP contribution < -0.4 is 0 Å². The van der Waals surface area contributed by atoms with E-state index in [4.69, 9.17) is 4.98 Å². The summed E-state index contributed by atoms with van der Waals surface area (Å²) in [6.07, 6.45) is 0. The third kappa shape index (κ3) is 4.43. The Morgan fingerprint density at radius 2 is 1.60 bits per heavy atom. The molecule has 128 valence electrons. The molecule has 0 N–H and O–H groups in total. The molecular formula is C21H23N3O. The van der Waals surface area contributed by atoms with Crippen molar-refractivity contribution in [3.8, 4) is 0 Å². The van der Waals surface area contributed by atoms with E-state index in [0.29, 0.717) is 18.7 Å². The fraction of sp³-hybridized carbons (Fsp3) is 0.238. The molecule has 4 nitrogen and oxygen atoms in total. The summed E-state index contributed by atoms with van der Waals surface area (Å²) < 4.78 is 0. The maximum Gasteiger partial charge on any atom is 0.254 e. The van der Waals surface area contributed by atoms with E-state index in [1.54, 1.807) is 0 Å². The van der Waals surface area contributed by atoms with Crippen LogP contribution in [0.3, 0.4) is 0 Å². The zero-order valence-electron chi connectivity index (χ0n) is 14.7. The molecule has 2 aromatic carbocycles. The Hall–Kier alpha value is -2.72. The quantitative estimate of drug-likeness (QED) is 0.693. The largest absolute Gasteiger partial charge is 0.331 e. The van der Waals surface area contributed by atoms with Crippen molar-refractivity contribution in [1.29, 1.82) is 0 Å². The first-order chi connectivity index (χ1) is 12.1. The molecule has 0 aliphatic heterocycles. The van der Waals surface area contributed by atoms with E-state index in [9.17, 15) is 4.79 Å². The molecule has 1 heterocycles. The highest BCUT2D eigenvalue weighted by Crippen LogP contribution is 2.14. The predicted molar refractivity (Wildman–Crippen MR) is 101 cm³/mol. The molecule has 3 aromatic rings. The van der Waals surface area contributed by atoms with Crippen molar-refractivity contribution in [2.24, 2.45) is 0 Å². The van der Waals surface area contributed by atoms with Crippen LogP contribution in [0, 0.1) is 0 Å². The highest BCUT2D eigenvalue weighted by Gasteiger charge is 2.16. The SMILES string of the molecule is CN(C)CCN(Cc1ccc2ccccc2n1)C(=O)c1ccccc1. The molecule has 1 aromatic heterocycles. The Labute approximate surface area is 148 Å². The van der Waals surface area contributed by atoms with E-state index in [2.05, 4.69) is 11.0 Å². The first kappa shape index (κ1) is 17.1. The van der Waals surface area contributed by atoms with Gasteiger partial charge in [0.05, 0.1) is 17.8 Å². The van der Waals surface area contributed by atoms with Crippen molar-refractivity contribution in [2.45, 2.75) is 6.54 Å². The number of rotatable bonds is 6. The van der Waals surface area contributed by atoms with Crippen LogP contribution >= 0.6 is 0 Å². The van der Waals surface area contributed by atoms with Crippen LogP contribution in [0.25, 0.3) is 10.9 Å². The van der Waals surface area contributed by atoms with E-state index in [1.165, 1.54) is 0 Å². The lowest BCUT2D eigenvalue weighted by molar-refractivity contribution is 0.0730. The van der Waals surface area contributed by atoms with Crippen LogP contribution in [0.1, 0.15) is 16.1 Å². The number of pyridine rings is 1. The maximum atomic E-state index is 12.9. The minimum atomic E-state index is 0.0393. The van der Waals surface area contributed by atoms with Gasteiger partial charge in [-0.25, -0.2) is 0 Å². The van der Waals surface area contributed by atoms with Gasteiger partial charge >= 0.3 is 0 Å². The second-order valence-corrected chi connectivity index (χ2v) is 6.39. The molecule has 0 saturated heterocycles. The number of hydrogen-bond acceptors (Lipinski definition) is 3. The van der Waals surface area contributed by atoms with E-state index >= 15 is 0 Å². The van der Waals surface area contributed by atoms with E-state index < -0.39 is 0 Å². The van der Waals surface area contributed by atoms with E-state index in [-0.39, 0.29) is 5.91 Å². The number of carbonyl (C=O) groups excluding carboxylic acids is 1. The van der Waals surface area contributed by atoms with Crippen LogP contribution in [-0.2, 0) is 6.54 Å². The fourth-order valence-electron chi connectivity index (χ4n) is 2.73. The van der Waals surface area contributed by atoms with Crippen LogP contribution in [0.2, 0.25) is 0 Å². The van der Waals surface area contributed by atoms with Gasteiger partial charge < -0.3 is 9.80 Å². The molecule has 25 heavy (non-hydrogen) atoms. The van der Waals surface area contributed by atoms with Gasteiger partial charge in [-0.05, 0) is 38.4 Å². The normalized spacial score (nSPS) is 11.0. The Kier molecular flexibility index (Phi) is 5.41. The van der Waals surface area contributed by atoms with Gasteiger partial charge in [0.1, 0.15) is 0 Å². The zero-order valence-corrected chi connectivity index (χ0v) is 14.7. The molecule has 0 unspecified atom stereocenters. The third-order valence-electron chi connectivity index (χ3n) is 4.13. The summed E-state index contributed by atoms with van der Waals surface area (Å²) in [4.78, 5) is 21.6. The van der Waals surface area contributed by atoms with Crippen LogP contribution in [0.15, 0.2) is 66.7 Å². The van der Waals surface area contributed by atoms with Crippen molar-refractivity contribution in [2.75, 3.05) is 27.2 Å². The number of hydrogen-bond donors (Lipinski definition) is 0. The molecular weight excluding hydrogens is 310 g/mol. The molecule has 0 aliphatic carbocycles. The third-order valence-corrected chi connectivity index (χ3v) is 4.13. The van der Waals surface area contributed by atoms with Crippen molar-refractivity contribution < 1.29 is 4.79 Å². The Morgan fingerprint density at radius 1 is 0.880 bits per heavy atom. The topological polar surface area (TPSA) is 36.4 Å². The summed E-state index contributed by atoms with van der Waals surface area (Å²) in [6.45, 7) is 1.98. The van der Waals surface area contributed by atoms with Crippen LogP contribution in [-0.4, -0.2) is 47.9 Å². The van der Waals surface area contributed by atoms with Crippen molar-refractivity contribution in [3.63, 3.8) is 0 Å². The lowest BCUT2D eigenvalue weighted by atomic mass is 10.1. The summed E-state index contributed by atoms with van der Waals surface area (Å²) in [7, 11) is 4.03. The van der Waals surface area contributed by atoms with Crippen molar-refractivity contribution in [3.05, 3.63) is 78.0 Å². The Balaban J connectivity index is 1.84. The Morgan fingerprint density at radius 3 is 2.36 bits per heavy atom. The minimum absolute atomic E-state index is 0.0393. The molecule has 0 bridgehead atoms.